The van der Waals surface area contributed by atoms with Crippen molar-refractivity contribution < 1.29 is 9.13 Å². The maximum Gasteiger partial charge on any atom is 0.124 e. The predicted molar refractivity (Wildman–Crippen MR) is 65.9 cm³/mol. The molecule has 0 aliphatic heterocycles. The number of hydrogen-bond acceptors (Lipinski definition) is 4. The molecule has 1 heterocycles. The molecule has 1 N–H and O–H groups in total. The molecule has 5 heteroatoms. The van der Waals surface area contributed by atoms with Gasteiger partial charge < -0.3 is 10.1 Å². The van der Waals surface area contributed by atoms with Gasteiger partial charge >= 0.3 is 0 Å². The highest BCUT2D eigenvalue weighted by atomic mass is 19.1. The highest BCUT2D eigenvalue weighted by Crippen LogP contribution is 2.29. The Bertz CT molecular complexity index is 519. The van der Waals surface area contributed by atoms with Crippen molar-refractivity contribution >= 4 is 0 Å². The number of aromatic nitrogens is 2. The van der Waals surface area contributed by atoms with E-state index in [1.165, 1.54) is 12.1 Å². The van der Waals surface area contributed by atoms with E-state index in [2.05, 4.69) is 15.5 Å². The van der Waals surface area contributed by atoms with Crippen molar-refractivity contribution in [2.45, 2.75) is 6.04 Å². The SMILES string of the molecule is CNC(c1ccnnc1)c1cc(F)ccc1OC. The fourth-order valence-corrected chi connectivity index (χ4v) is 1.90. The molecule has 18 heavy (non-hydrogen) atoms. The summed E-state index contributed by atoms with van der Waals surface area (Å²) in [6.45, 7) is 0. The lowest BCUT2D eigenvalue weighted by molar-refractivity contribution is 0.403. The number of ether oxygens (including phenoxy) is 1. The maximum atomic E-state index is 13.4. The molecule has 0 amide bonds. The fraction of sp³-hybridized carbons (Fsp3) is 0.231. The molecule has 0 saturated heterocycles. The van der Waals surface area contributed by atoms with Gasteiger partial charge in [-0.1, -0.05) is 0 Å². The molecule has 1 aromatic carbocycles. The van der Waals surface area contributed by atoms with Gasteiger partial charge in [0.2, 0.25) is 0 Å². The summed E-state index contributed by atoms with van der Waals surface area (Å²) in [5, 5.41) is 10.7. The number of rotatable bonds is 4. The van der Waals surface area contributed by atoms with Gasteiger partial charge in [0.25, 0.3) is 0 Å². The molecule has 0 saturated carbocycles. The molecular weight excluding hydrogens is 233 g/mol. The van der Waals surface area contributed by atoms with E-state index >= 15 is 0 Å². The average Bonchev–Trinajstić information content (AvgIpc) is 2.41. The first kappa shape index (κ1) is 12.4. The number of nitrogens with zero attached hydrogens (tertiary/aromatic N) is 2. The Kier molecular flexibility index (Phi) is 3.84. The zero-order chi connectivity index (χ0) is 13.0. The van der Waals surface area contributed by atoms with Crippen LogP contribution in [0.5, 0.6) is 5.75 Å². The van der Waals surface area contributed by atoms with Gasteiger partial charge in [-0.25, -0.2) is 4.39 Å². The van der Waals surface area contributed by atoms with Crippen LogP contribution in [0.25, 0.3) is 0 Å². The normalized spacial score (nSPS) is 12.2. The van der Waals surface area contributed by atoms with Gasteiger partial charge in [0.1, 0.15) is 11.6 Å². The largest absolute Gasteiger partial charge is 0.496 e. The van der Waals surface area contributed by atoms with Gasteiger partial charge in [-0.3, -0.25) is 0 Å². The average molecular weight is 247 g/mol. The highest BCUT2D eigenvalue weighted by molar-refractivity contribution is 5.41. The third kappa shape index (κ3) is 2.46. The summed E-state index contributed by atoms with van der Waals surface area (Å²) in [4.78, 5) is 0. The molecule has 0 aliphatic carbocycles. The lowest BCUT2D eigenvalue weighted by atomic mass is 9.99. The molecule has 2 rings (SSSR count). The Hall–Kier alpha value is -2.01. The summed E-state index contributed by atoms with van der Waals surface area (Å²) in [7, 11) is 3.36. The van der Waals surface area contributed by atoms with Crippen LogP contribution in [0.3, 0.4) is 0 Å². The maximum absolute atomic E-state index is 13.4. The van der Waals surface area contributed by atoms with E-state index in [-0.39, 0.29) is 11.9 Å². The van der Waals surface area contributed by atoms with Crippen molar-refractivity contribution in [3.63, 3.8) is 0 Å². The summed E-state index contributed by atoms with van der Waals surface area (Å²) in [6, 6.07) is 6.09. The van der Waals surface area contributed by atoms with Crippen LogP contribution in [0.1, 0.15) is 17.2 Å². The molecule has 1 unspecified atom stereocenters. The van der Waals surface area contributed by atoms with Crippen molar-refractivity contribution in [2.75, 3.05) is 14.2 Å². The van der Waals surface area contributed by atoms with E-state index in [0.717, 1.165) is 11.1 Å². The summed E-state index contributed by atoms with van der Waals surface area (Å²) >= 11 is 0. The van der Waals surface area contributed by atoms with Crippen molar-refractivity contribution in [2.24, 2.45) is 0 Å². The van der Waals surface area contributed by atoms with E-state index < -0.39 is 0 Å². The molecule has 2 aromatic rings. The molecule has 0 spiro atoms. The Morgan fingerprint density at radius 3 is 2.72 bits per heavy atom. The summed E-state index contributed by atoms with van der Waals surface area (Å²) in [6.07, 6.45) is 3.25. The van der Waals surface area contributed by atoms with E-state index in [1.54, 1.807) is 32.6 Å². The molecule has 0 radical (unpaired) electrons. The minimum atomic E-state index is -0.298. The molecule has 0 fully saturated rings. The first-order valence-corrected chi connectivity index (χ1v) is 5.53. The topological polar surface area (TPSA) is 47.0 Å². The minimum absolute atomic E-state index is 0.189. The fourth-order valence-electron chi connectivity index (χ4n) is 1.90. The molecule has 4 nitrogen and oxygen atoms in total. The number of benzene rings is 1. The lowest BCUT2D eigenvalue weighted by Gasteiger charge is -2.19. The van der Waals surface area contributed by atoms with Gasteiger partial charge in [0, 0.05) is 11.8 Å². The zero-order valence-electron chi connectivity index (χ0n) is 10.2. The summed E-state index contributed by atoms with van der Waals surface area (Å²) < 4.78 is 18.6. The highest BCUT2D eigenvalue weighted by Gasteiger charge is 2.17. The third-order valence-corrected chi connectivity index (χ3v) is 2.73. The van der Waals surface area contributed by atoms with E-state index in [0.29, 0.717) is 5.75 Å². The first-order valence-electron chi connectivity index (χ1n) is 5.53. The molecule has 0 bridgehead atoms. The summed E-state index contributed by atoms with van der Waals surface area (Å²) in [5.74, 6) is 0.334. The van der Waals surface area contributed by atoms with E-state index in [1.807, 2.05) is 6.07 Å². The van der Waals surface area contributed by atoms with Crippen LogP contribution in [-0.4, -0.2) is 24.4 Å². The van der Waals surface area contributed by atoms with E-state index in [4.69, 9.17) is 4.74 Å². The van der Waals surface area contributed by atoms with Crippen LogP contribution in [0.4, 0.5) is 4.39 Å². The van der Waals surface area contributed by atoms with Crippen LogP contribution in [0.2, 0.25) is 0 Å². The number of hydrogen-bond donors (Lipinski definition) is 1. The van der Waals surface area contributed by atoms with Crippen LogP contribution in [0.15, 0.2) is 36.7 Å². The monoisotopic (exact) mass is 247 g/mol. The zero-order valence-corrected chi connectivity index (χ0v) is 10.2. The van der Waals surface area contributed by atoms with Gasteiger partial charge in [-0.2, -0.15) is 10.2 Å². The van der Waals surface area contributed by atoms with Gasteiger partial charge in [0.05, 0.1) is 19.3 Å². The predicted octanol–water partition coefficient (Wildman–Crippen LogP) is 1.93. The number of nitrogens with one attached hydrogen (secondary N) is 1. The lowest BCUT2D eigenvalue weighted by Crippen LogP contribution is -2.19. The van der Waals surface area contributed by atoms with Crippen molar-refractivity contribution in [3.8, 4) is 5.75 Å². The molecule has 1 atom stereocenters. The second-order valence-corrected chi connectivity index (χ2v) is 3.78. The van der Waals surface area contributed by atoms with Crippen molar-refractivity contribution in [3.05, 3.63) is 53.6 Å². The van der Waals surface area contributed by atoms with Gasteiger partial charge in [-0.05, 0) is 36.9 Å². The Morgan fingerprint density at radius 2 is 2.11 bits per heavy atom. The number of methoxy groups -OCH3 is 1. The second kappa shape index (κ2) is 5.55. The van der Waals surface area contributed by atoms with Gasteiger partial charge in [-0.15, -0.1) is 0 Å². The Labute approximate surface area is 105 Å². The van der Waals surface area contributed by atoms with Crippen molar-refractivity contribution in [1.82, 2.24) is 15.5 Å². The quantitative estimate of drug-likeness (QED) is 0.896. The Balaban J connectivity index is 2.48. The first-order chi connectivity index (χ1) is 8.76. The molecular formula is C13H14FN3O. The third-order valence-electron chi connectivity index (χ3n) is 2.73. The molecule has 1 aromatic heterocycles. The van der Waals surface area contributed by atoms with E-state index in [9.17, 15) is 4.39 Å². The van der Waals surface area contributed by atoms with Crippen LogP contribution in [-0.2, 0) is 0 Å². The van der Waals surface area contributed by atoms with Crippen LogP contribution in [0, 0.1) is 5.82 Å². The summed E-state index contributed by atoms with van der Waals surface area (Å²) in [5.41, 5.74) is 1.63. The standard InChI is InChI=1S/C13H14FN3O/c1-15-13(9-5-6-16-17-8-9)11-7-10(14)3-4-12(11)18-2/h3-8,13,15H,1-2H3. The Morgan fingerprint density at radius 1 is 1.28 bits per heavy atom. The minimum Gasteiger partial charge on any atom is -0.496 e. The van der Waals surface area contributed by atoms with Crippen molar-refractivity contribution in [1.29, 1.82) is 0 Å². The van der Waals surface area contributed by atoms with Crippen LogP contribution < -0.4 is 10.1 Å². The molecule has 0 aliphatic rings. The number of halogens is 1. The van der Waals surface area contributed by atoms with Crippen LogP contribution >= 0.6 is 0 Å². The second-order valence-electron chi connectivity index (χ2n) is 3.78. The van der Waals surface area contributed by atoms with Gasteiger partial charge in [0.15, 0.2) is 0 Å². The molecule has 94 valence electrons. The smallest absolute Gasteiger partial charge is 0.124 e.